The molecule has 0 amide bonds. The molecule has 0 saturated carbocycles. The number of fused-ring (bicyclic) bond motifs is 3. The Bertz CT molecular complexity index is 707. The lowest BCUT2D eigenvalue weighted by molar-refractivity contribution is 0.188. The van der Waals surface area contributed by atoms with Gasteiger partial charge in [-0.3, -0.25) is 9.69 Å². The van der Waals surface area contributed by atoms with Gasteiger partial charge in [-0.15, -0.1) is 0 Å². The average molecular weight is 301 g/mol. The van der Waals surface area contributed by atoms with E-state index in [0.29, 0.717) is 12.1 Å². The van der Waals surface area contributed by atoms with Crippen LogP contribution in [0, 0.1) is 6.92 Å². The maximum Gasteiger partial charge on any atom is 0.254 e. The Hall–Kier alpha value is -1.46. The summed E-state index contributed by atoms with van der Waals surface area (Å²) >= 11 is 1.75. The molecule has 1 fully saturated rings. The molecule has 0 aliphatic carbocycles. The highest BCUT2D eigenvalue weighted by molar-refractivity contribution is 7.07. The Balaban J connectivity index is 1.68. The van der Waals surface area contributed by atoms with Crippen LogP contribution < -0.4 is 5.56 Å². The second-order valence-electron chi connectivity index (χ2n) is 6.17. The molecule has 110 valence electrons. The summed E-state index contributed by atoms with van der Waals surface area (Å²) < 4.78 is 0. The van der Waals surface area contributed by atoms with E-state index >= 15 is 0 Å². The van der Waals surface area contributed by atoms with Crippen LogP contribution in [0.3, 0.4) is 0 Å². The summed E-state index contributed by atoms with van der Waals surface area (Å²) in [6.07, 6.45) is 4.18. The molecular weight excluding hydrogens is 282 g/mol. The second kappa shape index (κ2) is 5.07. The monoisotopic (exact) mass is 301 g/mol. The zero-order valence-corrected chi connectivity index (χ0v) is 12.9. The van der Waals surface area contributed by atoms with Gasteiger partial charge in [-0.25, -0.2) is 4.98 Å². The maximum atomic E-state index is 12.2. The number of hydrogen-bond donors (Lipinski definition) is 1. The van der Waals surface area contributed by atoms with Crippen molar-refractivity contribution in [1.29, 1.82) is 0 Å². The van der Waals surface area contributed by atoms with Gasteiger partial charge in [-0.05, 0) is 48.6 Å². The van der Waals surface area contributed by atoms with E-state index in [1.54, 1.807) is 11.3 Å². The van der Waals surface area contributed by atoms with Crippen molar-refractivity contribution in [3.63, 3.8) is 0 Å². The summed E-state index contributed by atoms with van der Waals surface area (Å²) in [7, 11) is 0. The van der Waals surface area contributed by atoms with Crippen LogP contribution in [0.4, 0.5) is 0 Å². The van der Waals surface area contributed by atoms with E-state index in [1.165, 1.54) is 18.4 Å². The lowest BCUT2D eigenvalue weighted by Gasteiger charge is -2.27. The first-order valence-electron chi connectivity index (χ1n) is 7.56. The van der Waals surface area contributed by atoms with Crippen molar-refractivity contribution in [2.45, 2.75) is 51.2 Å². The number of aromatic amines is 1. The van der Waals surface area contributed by atoms with Crippen LogP contribution in [0.25, 0.3) is 0 Å². The Morgan fingerprint density at radius 2 is 2.19 bits per heavy atom. The fourth-order valence-corrected chi connectivity index (χ4v) is 4.47. The fraction of sp³-hybridized carbons (Fsp3) is 0.500. The molecule has 0 aromatic carbocycles. The van der Waals surface area contributed by atoms with E-state index in [-0.39, 0.29) is 5.56 Å². The van der Waals surface area contributed by atoms with Gasteiger partial charge < -0.3 is 4.98 Å². The summed E-state index contributed by atoms with van der Waals surface area (Å²) in [5.74, 6) is 0.737. The molecule has 21 heavy (non-hydrogen) atoms. The first-order valence-corrected chi connectivity index (χ1v) is 8.50. The lowest BCUT2D eigenvalue weighted by Crippen LogP contribution is -2.36. The SMILES string of the molecule is Cc1nc2c(c(=O)[nH]1)CC1CCC(C2)N1Cc1ccsc1. The highest BCUT2D eigenvalue weighted by atomic mass is 32.1. The smallest absolute Gasteiger partial charge is 0.254 e. The molecule has 2 aliphatic rings. The van der Waals surface area contributed by atoms with Crippen molar-refractivity contribution in [2.75, 3.05) is 0 Å². The van der Waals surface area contributed by atoms with Crippen LogP contribution in [-0.4, -0.2) is 27.0 Å². The minimum atomic E-state index is 0.0699. The number of rotatable bonds is 2. The summed E-state index contributed by atoms with van der Waals surface area (Å²) in [6, 6.07) is 3.23. The molecule has 4 rings (SSSR count). The number of nitrogens with zero attached hydrogens (tertiary/aromatic N) is 2. The van der Waals surface area contributed by atoms with Crippen LogP contribution in [0.15, 0.2) is 21.6 Å². The molecule has 0 radical (unpaired) electrons. The van der Waals surface area contributed by atoms with Crippen LogP contribution in [0.5, 0.6) is 0 Å². The van der Waals surface area contributed by atoms with Gasteiger partial charge in [0.25, 0.3) is 5.56 Å². The number of nitrogens with one attached hydrogen (secondary N) is 1. The normalized spacial score (nSPS) is 24.8. The predicted molar refractivity (Wildman–Crippen MR) is 83.7 cm³/mol. The molecule has 1 N–H and O–H groups in total. The molecule has 0 spiro atoms. The van der Waals surface area contributed by atoms with Gasteiger partial charge in [0.05, 0.1) is 5.69 Å². The van der Waals surface area contributed by atoms with Crippen LogP contribution in [-0.2, 0) is 19.4 Å². The average Bonchev–Trinajstić information content (AvgIpc) is 3.01. The van der Waals surface area contributed by atoms with Crippen molar-refractivity contribution < 1.29 is 0 Å². The third kappa shape index (κ3) is 2.34. The fourth-order valence-electron chi connectivity index (χ4n) is 3.81. The van der Waals surface area contributed by atoms with Crippen molar-refractivity contribution >= 4 is 11.3 Å². The van der Waals surface area contributed by atoms with E-state index in [0.717, 1.165) is 36.5 Å². The molecule has 2 atom stereocenters. The van der Waals surface area contributed by atoms with Gasteiger partial charge in [0.1, 0.15) is 5.82 Å². The summed E-state index contributed by atoms with van der Waals surface area (Å²) in [6.45, 7) is 2.87. The molecule has 2 bridgehead atoms. The van der Waals surface area contributed by atoms with E-state index < -0.39 is 0 Å². The number of aromatic nitrogens is 2. The minimum Gasteiger partial charge on any atom is -0.311 e. The minimum absolute atomic E-state index is 0.0699. The Kier molecular flexibility index (Phi) is 3.19. The molecule has 1 saturated heterocycles. The Labute approximate surface area is 127 Å². The van der Waals surface area contributed by atoms with E-state index in [2.05, 4.69) is 31.7 Å². The molecule has 2 aliphatic heterocycles. The van der Waals surface area contributed by atoms with Gasteiger partial charge in [0.2, 0.25) is 0 Å². The largest absolute Gasteiger partial charge is 0.311 e. The number of H-pyrrole nitrogens is 1. The van der Waals surface area contributed by atoms with Gasteiger partial charge in [-0.1, -0.05) is 0 Å². The maximum absolute atomic E-state index is 12.2. The highest BCUT2D eigenvalue weighted by Gasteiger charge is 2.38. The van der Waals surface area contributed by atoms with Crippen LogP contribution >= 0.6 is 11.3 Å². The van der Waals surface area contributed by atoms with Crippen LogP contribution in [0.1, 0.15) is 35.5 Å². The first kappa shape index (κ1) is 13.2. The van der Waals surface area contributed by atoms with Crippen molar-refractivity contribution in [2.24, 2.45) is 0 Å². The molecule has 4 heterocycles. The van der Waals surface area contributed by atoms with E-state index in [4.69, 9.17) is 0 Å². The van der Waals surface area contributed by atoms with E-state index in [9.17, 15) is 4.79 Å². The molecule has 4 nitrogen and oxygen atoms in total. The van der Waals surface area contributed by atoms with Crippen molar-refractivity contribution in [3.8, 4) is 0 Å². The molecule has 2 unspecified atom stereocenters. The zero-order valence-electron chi connectivity index (χ0n) is 12.1. The van der Waals surface area contributed by atoms with Crippen LogP contribution in [0.2, 0.25) is 0 Å². The third-order valence-corrected chi connectivity index (χ3v) is 5.54. The number of thiophene rings is 1. The van der Waals surface area contributed by atoms with Crippen molar-refractivity contribution in [1.82, 2.24) is 14.9 Å². The molecular formula is C16H19N3OS. The zero-order chi connectivity index (χ0) is 14.4. The number of aryl methyl sites for hydroxylation is 1. The standard InChI is InChI=1S/C16H19N3OS/c1-10-17-15-7-13-3-2-12(6-14(15)16(20)18-10)19(13)8-11-4-5-21-9-11/h4-5,9,12-13H,2-3,6-8H2,1H3,(H,17,18,20). The Morgan fingerprint density at radius 1 is 1.38 bits per heavy atom. The number of hydrogen-bond acceptors (Lipinski definition) is 4. The predicted octanol–water partition coefficient (Wildman–Crippen LogP) is 2.27. The Morgan fingerprint density at radius 3 is 2.95 bits per heavy atom. The molecule has 2 aromatic rings. The van der Waals surface area contributed by atoms with E-state index in [1.807, 2.05) is 6.92 Å². The topological polar surface area (TPSA) is 49.0 Å². The van der Waals surface area contributed by atoms with Gasteiger partial charge in [0.15, 0.2) is 0 Å². The molecule has 2 aromatic heterocycles. The first-order chi connectivity index (χ1) is 10.2. The highest BCUT2D eigenvalue weighted by Crippen LogP contribution is 2.33. The lowest BCUT2D eigenvalue weighted by atomic mass is 9.98. The summed E-state index contributed by atoms with van der Waals surface area (Å²) in [5.41, 5.74) is 3.41. The summed E-state index contributed by atoms with van der Waals surface area (Å²) in [5, 5.41) is 4.37. The van der Waals surface area contributed by atoms with Gasteiger partial charge >= 0.3 is 0 Å². The summed E-state index contributed by atoms with van der Waals surface area (Å²) in [4.78, 5) is 22.3. The second-order valence-corrected chi connectivity index (χ2v) is 6.95. The van der Waals surface area contributed by atoms with Gasteiger partial charge in [-0.2, -0.15) is 11.3 Å². The quantitative estimate of drug-likeness (QED) is 0.926. The van der Waals surface area contributed by atoms with Crippen molar-refractivity contribution in [3.05, 3.63) is 49.8 Å². The van der Waals surface area contributed by atoms with Gasteiger partial charge in [0, 0.05) is 30.6 Å². The molecule has 5 heteroatoms. The third-order valence-electron chi connectivity index (χ3n) is 4.80.